The van der Waals surface area contributed by atoms with Crippen LogP contribution < -0.4 is 0 Å². The fourth-order valence-corrected chi connectivity index (χ4v) is 4.90. The number of amides is 1. The highest BCUT2D eigenvalue weighted by Gasteiger charge is 2.31. The Morgan fingerprint density at radius 1 is 1.12 bits per heavy atom. The third-order valence-corrected chi connectivity index (χ3v) is 6.90. The summed E-state index contributed by atoms with van der Waals surface area (Å²) in [6.07, 6.45) is 3.28. The smallest absolute Gasteiger partial charge is 0.246 e. The van der Waals surface area contributed by atoms with Crippen molar-refractivity contribution in [2.75, 3.05) is 26.2 Å². The zero-order chi connectivity index (χ0) is 18.6. The van der Waals surface area contributed by atoms with Crippen molar-refractivity contribution in [1.82, 2.24) is 9.21 Å². The number of piperazine rings is 1. The summed E-state index contributed by atoms with van der Waals surface area (Å²) in [6, 6.07) is 11.9. The van der Waals surface area contributed by atoms with Crippen LogP contribution in [0, 0.1) is 11.3 Å². The van der Waals surface area contributed by atoms with Crippen LogP contribution in [0.2, 0.25) is 0 Å². The van der Waals surface area contributed by atoms with E-state index in [4.69, 9.17) is 5.26 Å². The van der Waals surface area contributed by atoms with Crippen molar-refractivity contribution in [1.29, 1.82) is 5.26 Å². The number of carbonyl (C=O) groups is 1. The molecule has 8 heteroatoms. The zero-order valence-corrected chi connectivity index (χ0v) is 15.5. The molecule has 0 atom stereocenters. The van der Waals surface area contributed by atoms with Gasteiger partial charge in [0.05, 0.1) is 10.5 Å². The van der Waals surface area contributed by atoms with Crippen LogP contribution in [0.5, 0.6) is 0 Å². The molecule has 6 nitrogen and oxygen atoms in total. The standard InChI is InChI=1S/C18H17N3O3S2/c19-14-15-4-1-2-6-17(15)26(23,24)21-11-9-20(10-12-21)18(22)8-7-16-5-3-13-25-16/h1-8,13H,9-12H2/b8-7+. The lowest BCUT2D eigenvalue weighted by Crippen LogP contribution is -2.50. The summed E-state index contributed by atoms with van der Waals surface area (Å²) in [7, 11) is -3.75. The van der Waals surface area contributed by atoms with Crippen molar-refractivity contribution in [3.8, 4) is 6.07 Å². The van der Waals surface area contributed by atoms with Crippen LogP contribution in [0.4, 0.5) is 0 Å². The van der Waals surface area contributed by atoms with Gasteiger partial charge in [-0.3, -0.25) is 4.79 Å². The van der Waals surface area contributed by atoms with E-state index in [-0.39, 0.29) is 29.5 Å². The van der Waals surface area contributed by atoms with E-state index < -0.39 is 10.0 Å². The van der Waals surface area contributed by atoms with Crippen molar-refractivity contribution in [2.45, 2.75) is 4.90 Å². The summed E-state index contributed by atoms with van der Waals surface area (Å²) in [5, 5.41) is 11.1. The molecule has 3 rings (SSSR count). The van der Waals surface area contributed by atoms with Crippen LogP contribution in [0.1, 0.15) is 10.4 Å². The molecule has 0 aliphatic carbocycles. The van der Waals surface area contributed by atoms with Crippen molar-refractivity contribution < 1.29 is 13.2 Å². The fourth-order valence-electron chi connectivity index (χ4n) is 2.72. The first-order valence-corrected chi connectivity index (χ1v) is 10.3. The molecular weight excluding hydrogens is 370 g/mol. The summed E-state index contributed by atoms with van der Waals surface area (Å²) < 4.78 is 26.9. The number of hydrogen-bond donors (Lipinski definition) is 0. The summed E-state index contributed by atoms with van der Waals surface area (Å²) in [5.41, 5.74) is 0.130. The number of benzene rings is 1. The first-order chi connectivity index (χ1) is 12.5. The Kier molecular flexibility index (Phi) is 5.52. The number of rotatable bonds is 4. The maximum absolute atomic E-state index is 12.8. The summed E-state index contributed by atoms with van der Waals surface area (Å²) in [5.74, 6) is -0.132. The van der Waals surface area contributed by atoms with E-state index in [9.17, 15) is 13.2 Å². The molecule has 1 fully saturated rings. The number of nitrogens with zero attached hydrogens (tertiary/aromatic N) is 3. The number of hydrogen-bond acceptors (Lipinski definition) is 5. The first kappa shape index (κ1) is 18.3. The Morgan fingerprint density at radius 2 is 1.85 bits per heavy atom. The molecule has 1 aromatic carbocycles. The molecular formula is C18H17N3O3S2. The second-order valence-corrected chi connectivity index (χ2v) is 8.57. The number of nitriles is 1. The van der Waals surface area contributed by atoms with Crippen LogP contribution in [0.3, 0.4) is 0 Å². The van der Waals surface area contributed by atoms with Gasteiger partial charge in [0.25, 0.3) is 0 Å². The third kappa shape index (κ3) is 3.85. The third-order valence-electron chi connectivity index (χ3n) is 4.11. The molecule has 0 saturated carbocycles. The highest BCUT2D eigenvalue weighted by molar-refractivity contribution is 7.89. The SMILES string of the molecule is N#Cc1ccccc1S(=O)(=O)N1CCN(C(=O)/C=C/c2cccs2)CC1. The van der Waals surface area contributed by atoms with Crippen LogP contribution in [-0.2, 0) is 14.8 Å². The minimum Gasteiger partial charge on any atom is -0.337 e. The molecule has 1 aliphatic heterocycles. The van der Waals surface area contributed by atoms with E-state index >= 15 is 0 Å². The lowest BCUT2D eigenvalue weighted by atomic mass is 10.2. The molecule has 0 spiro atoms. The minimum absolute atomic E-state index is 0.0138. The van der Waals surface area contributed by atoms with Crippen molar-refractivity contribution in [3.63, 3.8) is 0 Å². The van der Waals surface area contributed by atoms with Crippen molar-refractivity contribution >= 4 is 33.3 Å². The number of sulfonamides is 1. The number of carbonyl (C=O) groups excluding carboxylic acids is 1. The predicted octanol–water partition coefficient (Wildman–Crippen LogP) is 2.17. The molecule has 1 amide bonds. The van der Waals surface area contributed by atoms with E-state index in [0.29, 0.717) is 13.1 Å². The van der Waals surface area contributed by atoms with Crippen molar-refractivity contribution in [2.24, 2.45) is 0 Å². The second-order valence-electron chi connectivity index (χ2n) is 5.69. The minimum atomic E-state index is -3.75. The second kappa shape index (κ2) is 7.83. The summed E-state index contributed by atoms with van der Waals surface area (Å²) >= 11 is 1.54. The van der Waals surface area contributed by atoms with Gasteiger partial charge in [-0.15, -0.1) is 11.3 Å². The Labute approximate surface area is 156 Å². The predicted molar refractivity (Wildman–Crippen MR) is 99.8 cm³/mol. The van der Waals surface area contributed by atoms with E-state index in [1.54, 1.807) is 34.4 Å². The van der Waals surface area contributed by atoms with Gasteiger partial charge in [0.1, 0.15) is 6.07 Å². The van der Waals surface area contributed by atoms with Gasteiger partial charge < -0.3 is 4.90 Å². The van der Waals surface area contributed by atoms with Crippen LogP contribution in [0.15, 0.2) is 52.7 Å². The Hall–Kier alpha value is -2.47. The van der Waals surface area contributed by atoms with E-state index in [0.717, 1.165) is 4.88 Å². The molecule has 0 bridgehead atoms. The van der Waals surface area contributed by atoms with Gasteiger partial charge in [0.15, 0.2) is 0 Å². The average molecular weight is 387 g/mol. The maximum atomic E-state index is 12.8. The van der Waals surface area contributed by atoms with Gasteiger partial charge in [-0.2, -0.15) is 9.57 Å². The van der Waals surface area contributed by atoms with Gasteiger partial charge in [0, 0.05) is 37.1 Å². The van der Waals surface area contributed by atoms with Crippen LogP contribution in [-0.4, -0.2) is 49.7 Å². The molecule has 1 saturated heterocycles. The van der Waals surface area contributed by atoms with Gasteiger partial charge in [-0.1, -0.05) is 18.2 Å². The monoisotopic (exact) mass is 387 g/mol. The lowest BCUT2D eigenvalue weighted by Gasteiger charge is -2.33. The highest BCUT2D eigenvalue weighted by Crippen LogP contribution is 2.21. The molecule has 2 heterocycles. The molecule has 0 radical (unpaired) electrons. The highest BCUT2D eigenvalue weighted by atomic mass is 32.2. The quantitative estimate of drug-likeness (QED) is 0.753. The van der Waals surface area contributed by atoms with Crippen molar-refractivity contribution in [3.05, 3.63) is 58.3 Å². The average Bonchev–Trinajstić information content (AvgIpc) is 3.19. The fraction of sp³-hybridized carbons (Fsp3) is 0.222. The molecule has 1 aliphatic rings. The molecule has 134 valence electrons. The Bertz CT molecular complexity index is 952. The van der Waals surface area contributed by atoms with Gasteiger partial charge in [-0.05, 0) is 29.7 Å². The van der Waals surface area contributed by atoms with Gasteiger partial charge in [-0.25, -0.2) is 8.42 Å². The first-order valence-electron chi connectivity index (χ1n) is 8.02. The number of thiophene rings is 1. The zero-order valence-electron chi connectivity index (χ0n) is 13.9. The Morgan fingerprint density at radius 3 is 2.50 bits per heavy atom. The normalized spacial score (nSPS) is 15.9. The topological polar surface area (TPSA) is 81.5 Å². The summed E-state index contributed by atoms with van der Waals surface area (Å²) in [6.45, 7) is 1.06. The van der Waals surface area contributed by atoms with Crippen LogP contribution >= 0.6 is 11.3 Å². The molecule has 0 unspecified atom stereocenters. The van der Waals surface area contributed by atoms with Gasteiger partial charge in [0.2, 0.25) is 15.9 Å². The molecule has 2 aromatic rings. The summed E-state index contributed by atoms with van der Waals surface area (Å²) in [4.78, 5) is 14.9. The van der Waals surface area contributed by atoms with Gasteiger partial charge >= 0.3 is 0 Å². The maximum Gasteiger partial charge on any atom is 0.246 e. The molecule has 0 N–H and O–H groups in total. The lowest BCUT2D eigenvalue weighted by molar-refractivity contribution is -0.127. The molecule has 1 aromatic heterocycles. The molecule has 26 heavy (non-hydrogen) atoms. The van der Waals surface area contributed by atoms with E-state index in [1.165, 1.54) is 22.5 Å². The van der Waals surface area contributed by atoms with Crippen LogP contribution in [0.25, 0.3) is 6.08 Å². The van der Waals surface area contributed by atoms with E-state index in [1.807, 2.05) is 23.6 Å². The Balaban J connectivity index is 1.66. The largest absolute Gasteiger partial charge is 0.337 e. The van der Waals surface area contributed by atoms with E-state index in [2.05, 4.69) is 0 Å².